The van der Waals surface area contributed by atoms with Gasteiger partial charge in [-0.3, -0.25) is 0 Å². The summed E-state index contributed by atoms with van der Waals surface area (Å²) >= 11 is 0. The molecule has 5 rings (SSSR count). The zero-order chi connectivity index (χ0) is 26.2. The molecule has 206 valence electrons. The molecule has 0 spiro atoms. The van der Waals surface area contributed by atoms with Crippen molar-refractivity contribution < 1.29 is 23.7 Å². The molecule has 3 saturated carbocycles. The molecule has 0 bridgehead atoms. The van der Waals surface area contributed by atoms with Crippen molar-refractivity contribution in [3.05, 3.63) is 46.5 Å². The van der Waals surface area contributed by atoms with E-state index in [9.17, 15) is 0 Å². The molecule has 0 aliphatic heterocycles. The second-order valence-electron chi connectivity index (χ2n) is 12.2. The van der Waals surface area contributed by atoms with Gasteiger partial charge in [-0.05, 0) is 80.1 Å². The van der Waals surface area contributed by atoms with Crippen molar-refractivity contribution in [2.45, 2.75) is 83.2 Å². The molecule has 1 aromatic rings. The van der Waals surface area contributed by atoms with Crippen LogP contribution in [0.4, 0.5) is 0 Å². The summed E-state index contributed by atoms with van der Waals surface area (Å²) in [5.41, 5.74) is 6.34. The Morgan fingerprint density at radius 2 is 1.65 bits per heavy atom. The van der Waals surface area contributed by atoms with Gasteiger partial charge in [0.15, 0.2) is 12.1 Å². The van der Waals surface area contributed by atoms with Gasteiger partial charge < -0.3 is 23.7 Å². The second kappa shape index (κ2) is 11.1. The second-order valence-corrected chi connectivity index (χ2v) is 12.2. The minimum atomic E-state index is -0.423. The highest BCUT2D eigenvalue weighted by Gasteiger charge is 2.57. The fourth-order valence-electron chi connectivity index (χ4n) is 8.87. The number of hydrogen-bond acceptors (Lipinski definition) is 5. The summed E-state index contributed by atoms with van der Waals surface area (Å²) in [5.74, 6) is 2.70. The summed E-state index contributed by atoms with van der Waals surface area (Å²) in [6.45, 7) is 6.44. The van der Waals surface area contributed by atoms with Crippen LogP contribution in [0.3, 0.4) is 0 Å². The number of hydrogen-bond donors (Lipinski definition) is 0. The lowest BCUT2D eigenvalue weighted by atomic mass is 9.51. The molecular weight excluding hydrogens is 464 g/mol. The van der Waals surface area contributed by atoms with Crippen molar-refractivity contribution in [2.75, 3.05) is 41.7 Å². The van der Waals surface area contributed by atoms with Gasteiger partial charge in [0.2, 0.25) is 0 Å². The van der Waals surface area contributed by atoms with Crippen molar-refractivity contribution in [3.8, 4) is 0 Å². The van der Waals surface area contributed by atoms with E-state index in [1.54, 1.807) is 25.4 Å². The van der Waals surface area contributed by atoms with Crippen LogP contribution in [0.25, 0.3) is 0 Å². The molecule has 0 radical (unpaired) electrons. The predicted molar refractivity (Wildman–Crippen MR) is 145 cm³/mol. The average molecular weight is 513 g/mol. The number of benzene rings is 1. The number of ether oxygens (including phenoxy) is 5. The fourth-order valence-corrected chi connectivity index (χ4v) is 8.87. The minimum Gasteiger partial charge on any atom is -0.381 e. The topological polar surface area (TPSA) is 46.2 Å². The van der Waals surface area contributed by atoms with E-state index < -0.39 is 5.79 Å². The lowest BCUT2D eigenvalue weighted by Crippen LogP contribution is -2.47. The molecule has 5 nitrogen and oxygen atoms in total. The van der Waals surface area contributed by atoms with Gasteiger partial charge in [-0.25, -0.2) is 0 Å². The van der Waals surface area contributed by atoms with Crippen molar-refractivity contribution in [1.29, 1.82) is 0 Å². The Labute approximate surface area is 224 Å². The van der Waals surface area contributed by atoms with Crippen LogP contribution in [-0.2, 0) is 23.7 Å². The maximum atomic E-state index is 6.04. The molecule has 1 unspecified atom stereocenters. The van der Waals surface area contributed by atoms with Gasteiger partial charge in [0, 0.05) is 66.0 Å². The van der Waals surface area contributed by atoms with Gasteiger partial charge >= 0.3 is 0 Å². The van der Waals surface area contributed by atoms with Crippen LogP contribution in [-0.4, -0.2) is 47.4 Å². The molecule has 1 aromatic carbocycles. The van der Waals surface area contributed by atoms with Gasteiger partial charge in [0.05, 0.1) is 0 Å². The molecule has 0 heterocycles. The van der Waals surface area contributed by atoms with Crippen molar-refractivity contribution in [2.24, 2.45) is 29.1 Å². The SMILES string of the molecule is CCOC[C@@H]1CC[C@H]2[C@@H]3CCC4CC(OC)(OC)CCC4=C3[C@@H](c3ccc(C(OC)OC)cc3)C[C@]12C. The lowest BCUT2D eigenvalue weighted by Gasteiger charge is -2.55. The molecular formula is C32H48O5. The molecule has 4 aliphatic rings. The van der Waals surface area contributed by atoms with Gasteiger partial charge in [0.25, 0.3) is 0 Å². The van der Waals surface area contributed by atoms with Crippen LogP contribution in [0.15, 0.2) is 35.4 Å². The predicted octanol–water partition coefficient (Wildman–Crippen LogP) is 7.03. The highest BCUT2D eigenvalue weighted by Crippen LogP contribution is 2.66. The van der Waals surface area contributed by atoms with E-state index >= 15 is 0 Å². The van der Waals surface area contributed by atoms with Crippen LogP contribution < -0.4 is 0 Å². The summed E-state index contributed by atoms with van der Waals surface area (Å²) in [7, 11) is 7.03. The standard InChI is InChI=1S/C32H48O5/c1-7-37-20-24-13-15-28-26-14-12-23-18-32(35-5,36-6)17-16-25(23)29(26)27(19-31(24,28)2)21-8-10-22(11-9-21)30(33-3)34-4/h8-11,23-24,26-28,30H,7,12-20H2,1-6H3/t23?,24-,26-,27+,28-,31+/m0/s1. The van der Waals surface area contributed by atoms with Gasteiger partial charge in [-0.1, -0.05) is 42.3 Å². The first kappa shape index (κ1) is 27.3. The van der Waals surface area contributed by atoms with E-state index in [1.807, 2.05) is 14.2 Å². The van der Waals surface area contributed by atoms with Gasteiger partial charge in [-0.2, -0.15) is 0 Å². The van der Waals surface area contributed by atoms with Crippen LogP contribution in [0.2, 0.25) is 0 Å². The Morgan fingerprint density at radius 1 is 0.919 bits per heavy atom. The monoisotopic (exact) mass is 512 g/mol. The van der Waals surface area contributed by atoms with E-state index in [-0.39, 0.29) is 6.29 Å². The molecule has 0 N–H and O–H groups in total. The largest absolute Gasteiger partial charge is 0.381 e. The maximum absolute atomic E-state index is 6.04. The smallest absolute Gasteiger partial charge is 0.183 e. The van der Waals surface area contributed by atoms with Crippen LogP contribution in [0.1, 0.15) is 88.5 Å². The van der Waals surface area contributed by atoms with E-state index in [0.29, 0.717) is 29.1 Å². The van der Waals surface area contributed by atoms with Crippen LogP contribution >= 0.6 is 0 Å². The van der Waals surface area contributed by atoms with Crippen molar-refractivity contribution >= 4 is 0 Å². The fraction of sp³-hybridized carbons (Fsp3) is 0.750. The minimum absolute atomic E-state index is 0.319. The first-order valence-electron chi connectivity index (χ1n) is 14.5. The number of allylic oxidation sites excluding steroid dienone is 2. The van der Waals surface area contributed by atoms with Crippen molar-refractivity contribution in [3.63, 3.8) is 0 Å². The quantitative estimate of drug-likeness (QED) is 0.263. The average Bonchev–Trinajstić information content (AvgIpc) is 3.27. The summed E-state index contributed by atoms with van der Waals surface area (Å²) < 4.78 is 29.0. The highest BCUT2D eigenvalue weighted by atomic mass is 16.7. The summed E-state index contributed by atoms with van der Waals surface area (Å²) in [5, 5.41) is 0. The zero-order valence-corrected chi connectivity index (χ0v) is 23.9. The van der Waals surface area contributed by atoms with E-state index in [1.165, 1.54) is 37.7 Å². The van der Waals surface area contributed by atoms with Crippen LogP contribution in [0, 0.1) is 29.1 Å². The van der Waals surface area contributed by atoms with Gasteiger partial charge in [0.1, 0.15) is 0 Å². The molecule has 5 heteroatoms. The summed E-state index contributed by atoms with van der Waals surface area (Å²) in [4.78, 5) is 0. The molecule has 0 amide bonds. The Morgan fingerprint density at radius 3 is 2.30 bits per heavy atom. The first-order valence-corrected chi connectivity index (χ1v) is 14.5. The molecule has 0 aromatic heterocycles. The van der Waals surface area contributed by atoms with Crippen molar-refractivity contribution in [1.82, 2.24) is 0 Å². The Bertz CT molecular complexity index is 946. The van der Waals surface area contributed by atoms with E-state index in [2.05, 4.69) is 38.1 Å². The molecule has 37 heavy (non-hydrogen) atoms. The summed E-state index contributed by atoms with van der Waals surface area (Å²) in [6.07, 6.45) is 9.11. The van der Waals surface area contributed by atoms with Crippen LogP contribution in [0.5, 0.6) is 0 Å². The third kappa shape index (κ3) is 4.74. The number of rotatable bonds is 9. The van der Waals surface area contributed by atoms with Gasteiger partial charge in [-0.15, -0.1) is 0 Å². The first-order chi connectivity index (χ1) is 17.9. The Hall–Kier alpha value is -1.24. The number of methoxy groups -OCH3 is 4. The highest BCUT2D eigenvalue weighted by molar-refractivity contribution is 5.41. The normalized spacial score (nSPS) is 34.8. The molecule has 6 atom stereocenters. The maximum Gasteiger partial charge on any atom is 0.183 e. The third-order valence-corrected chi connectivity index (χ3v) is 10.8. The Kier molecular flexibility index (Phi) is 8.19. The number of fused-ring (bicyclic) bond motifs is 4. The zero-order valence-electron chi connectivity index (χ0n) is 23.9. The van der Waals surface area contributed by atoms with E-state index in [4.69, 9.17) is 23.7 Å². The molecule has 4 aliphatic carbocycles. The third-order valence-electron chi connectivity index (χ3n) is 10.8. The van der Waals surface area contributed by atoms with E-state index in [0.717, 1.165) is 44.0 Å². The molecule has 0 saturated heterocycles. The summed E-state index contributed by atoms with van der Waals surface area (Å²) in [6, 6.07) is 9.09. The lowest BCUT2D eigenvalue weighted by molar-refractivity contribution is -0.226. The molecule has 3 fully saturated rings. The Balaban J connectivity index is 1.55.